The number of alkyl halides is 2. The number of aromatic nitrogens is 5. The summed E-state index contributed by atoms with van der Waals surface area (Å²) in [6, 6.07) is 10.8. The van der Waals surface area contributed by atoms with Crippen LogP contribution in [0.2, 0.25) is 0 Å². The van der Waals surface area contributed by atoms with Crippen LogP contribution >= 0.6 is 0 Å². The lowest BCUT2D eigenvalue weighted by Gasteiger charge is -2.35. The fraction of sp³-hybridized carbons (Fsp3) is 0.148. The second-order valence-corrected chi connectivity index (χ2v) is 9.35. The Morgan fingerprint density at radius 2 is 1.80 bits per heavy atom. The van der Waals surface area contributed by atoms with E-state index in [1.807, 2.05) is 0 Å². The number of carbonyl (C=O) groups excluding carboxylic acids is 1. The van der Waals surface area contributed by atoms with E-state index in [1.165, 1.54) is 48.8 Å². The summed E-state index contributed by atoms with van der Waals surface area (Å²) in [6.45, 7) is 0. The quantitative estimate of drug-likeness (QED) is 0.236. The number of H-pyrrole nitrogens is 1. The molecule has 3 N–H and O–H groups in total. The Morgan fingerprint density at radius 3 is 2.54 bits per heavy atom. The van der Waals surface area contributed by atoms with E-state index in [2.05, 4.69) is 30.9 Å². The van der Waals surface area contributed by atoms with Crippen molar-refractivity contribution >= 4 is 28.4 Å². The lowest BCUT2D eigenvalue weighted by atomic mass is 9.88. The number of hydrogen-bond acceptors (Lipinski definition) is 7. The van der Waals surface area contributed by atoms with Crippen molar-refractivity contribution in [2.45, 2.75) is 24.8 Å². The molecule has 0 spiro atoms. The molecule has 5 aromatic rings. The molecule has 2 aromatic carbocycles. The van der Waals surface area contributed by atoms with E-state index in [0.717, 1.165) is 22.9 Å². The second-order valence-electron chi connectivity index (χ2n) is 9.35. The van der Waals surface area contributed by atoms with Crippen molar-refractivity contribution in [1.82, 2.24) is 25.0 Å². The summed E-state index contributed by atoms with van der Waals surface area (Å²) in [5.41, 5.74) is -0.419. The Balaban J connectivity index is 1.20. The first-order valence-corrected chi connectivity index (χ1v) is 12.3. The monoisotopic (exact) mass is 565 g/mol. The first kappa shape index (κ1) is 26.0. The molecule has 3 aromatic heterocycles. The molecule has 0 atom stereocenters. The third-order valence-electron chi connectivity index (χ3n) is 6.43. The average Bonchev–Trinajstić information content (AvgIpc) is 3.33. The molecule has 208 valence electrons. The van der Waals surface area contributed by atoms with Crippen LogP contribution in [0.4, 0.5) is 29.1 Å². The van der Waals surface area contributed by atoms with Gasteiger partial charge in [0.2, 0.25) is 0 Å². The van der Waals surface area contributed by atoms with Crippen molar-refractivity contribution in [3.05, 3.63) is 94.5 Å². The Morgan fingerprint density at radius 1 is 1.02 bits per heavy atom. The highest BCUT2D eigenvalue weighted by atomic mass is 19.3. The third-order valence-corrected chi connectivity index (χ3v) is 6.43. The maximum Gasteiger partial charge on any atom is 0.284 e. The molecular formula is C27H19F4N7O3. The first-order valence-electron chi connectivity index (χ1n) is 12.3. The van der Waals surface area contributed by atoms with E-state index in [-0.39, 0.29) is 47.1 Å². The van der Waals surface area contributed by atoms with E-state index < -0.39 is 35.1 Å². The number of pyridine rings is 1. The van der Waals surface area contributed by atoms with Crippen molar-refractivity contribution in [2.75, 3.05) is 10.6 Å². The number of nitrogens with zero attached hydrogens (tertiary/aromatic N) is 4. The summed E-state index contributed by atoms with van der Waals surface area (Å²) in [5, 5.41) is 16.5. The Hall–Kier alpha value is -5.27. The zero-order valence-electron chi connectivity index (χ0n) is 20.9. The average molecular weight is 565 g/mol. The van der Waals surface area contributed by atoms with Gasteiger partial charge in [-0.05, 0) is 42.5 Å². The summed E-state index contributed by atoms with van der Waals surface area (Å²) in [7, 11) is 0. The van der Waals surface area contributed by atoms with Crippen LogP contribution in [-0.4, -0.2) is 42.8 Å². The largest absolute Gasteiger partial charge is 0.453 e. The van der Waals surface area contributed by atoms with Crippen LogP contribution in [0.1, 0.15) is 23.2 Å². The van der Waals surface area contributed by atoms with Crippen molar-refractivity contribution in [2.24, 2.45) is 0 Å². The van der Waals surface area contributed by atoms with Crippen molar-refractivity contribution in [3.63, 3.8) is 0 Å². The number of hydrogen-bond donors (Lipinski definition) is 3. The number of carbonyl (C=O) groups is 1. The minimum absolute atomic E-state index is 0.0425. The number of anilines is 2. The van der Waals surface area contributed by atoms with Crippen LogP contribution in [0.25, 0.3) is 16.7 Å². The molecule has 14 heteroatoms. The van der Waals surface area contributed by atoms with Crippen LogP contribution in [-0.2, 0) is 0 Å². The number of amides is 1. The van der Waals surface area contributed by atoms with Gasteiger partial charge in [0.25, 0.3) is 17.4 Å². The van der Waals surface area contributed by atoms with E-state index in [0.29, 0.717) is 11.0 Å². The van der Waals surface area contributed by atoms with Gasteiger partial charge in [0.1, 0.15) is 22.5 Å². The summed E-state index contributed by atoms with van der Waals surface area (Å²) in [4.78, 5) is 29.8. The van der Waals surface area contributed by atoms with Crippen molar-refractivity contribution < 1.29 is 27.1 Å². The molecule has 1 fully saturated rings. The van der Waals surface area contributed by atoms with Gasteiger partial charge in [-0.1, -0.05) is 0 Å². The molecule has 1 saturated carbocycles. The van der Waals surface area contributed by atoms with Crippen LogP contribution in [0, 0.1) is 11.6 Å². The minimum Gasteiger partial charge on any atom is -0.453 e. The predicted octanol–water partition coefficient (Wildman–Crippen LogP) is 5.04. The number of aromatic amines is 1. The Labute approximate surface area is 228 Å². The SMILES string of the molecule is O=C(Nc1ccc(Oc2ccnc3[nH]nc(NC4CC(F)(F)C4)c23)c(F)c1)c1ccnn(-c2ccc(F)cc2)c1=O. The molecule has 6 rings (SSSR count). The number of nitrogens with one attached hydrogen (secondary N) is 3. The molecule has 0 saturated heterocycles. The molecule has 1 amide bonds. The predicted molar refractivity (Wildman–Crippen MR) is 140 cm³/mol. The van der Waals surface area contributed by atoms with Crippen molar-refractivity contribution in [1.29, 1.82) is 0 Å². The highest BCUT2D eigenvalue weighted by Crippen LogP contribution is 2.41. The van der Waals surface area contributed by atoms with Gasteiger partial charge in [-0.3, -0.25) is 14.7 Å². The van der Waals surface area contributed by atoms with E-state index in [9.17, 15) is 22.8 Å². The molecule has 3 heterocycles. The number of ether oxygens (including phenoxy) is 1. The van der Waals surface area contributed by atoms with E-state index in [4.69, 9.17) is 4.74 Å². The van der Waals surface area contributed by atoms with Crippen molar-refractivity contribution in [3.8, 4) is 17.2 Å². The normalized spacial score (nSPS) is 14.4. The fourth-order valence-corrected chi connectivity index (χ4v) is 4.40. The molecule has 41 heavy (non-hydrogen) atoms. The Kier molecular flexibility index (Phi) is 6.36. The van der Waals surface area contributed by atoms with Gasteiger partial charge in [0.15, 0.2) is 23.0 Å². The molecule has 1 aliphatic rings. The molecule has 10 nitrogen and oxygen atoms in total. The standard InChI is InChI=1S/C27H19F4N7O3/c28-14-1-4-17(5-2-14)38-26(40)18(7-10-33-38)25(39)35-15-3-6-20(19(29)11-15)41-21-8-9-32-23-22(21)24(37-36-23)34-16-12-27(30,31)13-16/h1-11,16H,12-13H2,(H,35,39)(H2,32,34,36,37). The number of halogens is 4. The number of benzene rings is 2. The molecule has 0 radical (unpaired) electrons. The van der Waals surface area contributed by atoms with Gasteiger partial charge in [-0.25, -0.2) is 22.5 Å². The zero-order valence-corrected chi connectivity index (χ0v) is 20.9. The van der Waals surface area contributed by atoms with Gasteiger partial charge >= 0.3 is 0 Å². The molecule has 1 aliphatic carbocycles. The molecule has 0 bridgehead atoms. The highest BCUT2D eigenvalue weighted by Gasteiger charge is 2.45. The van der Waals surface area contributed by atoms with Crippen LogP contribution < -0.4 is 20.9 Å². The van der Waals surface area contributed by atoms with E-state index in [1.54, 1.807) is 0 Å². The third kappa shape index (κ3) is 5.18. The van der Waals surface area contributed by atoms with Crippen LogP contribution in [0.5, 0.6) is 11.5 Å². The Bertz CT molecular complexity index is 1830. The summed E-state index contributed by atoms with van der Waals surface area (Å²) in [5.74, 6) is -4.64. The summed E-state index contributed by atoms with van der Waals surface area (Å²) in [6.07, 6.45) is 1.98. The molecule has 0 aliphatic heterocycles. The topological polar surface area (TPSA) is 127 Å². The van der Waals surface area contributed by atoms with Gasteiger partial charge in [0, 0.05) is 49.1 Å². The smallest absolute Gasteiger partial charge is 0.284 e. The van der Waals surface area contributed by atoms with E-state index >= 15 is 4.39 Å². The van der Waals surface area contributed by atoms with Crippen LogP contribution in [0.3, 0.4) is 0 Å². The fourth-order valence-electron chi connectivity index (χ4n) is 4.40. The lowest BCUT2D eigenvalue weighted by molar-refractivity contribution is -0.0793. The van der Waals surface area contributed by atoms with Gasteiger partial charge < -0.3 is 15.4 Å². The lowest BCUT2D eigenvalue weighted by Crippen LogP contribution is -2.44. The number of fused-ring (bicyclic) bond motifs is 1. The van der Waals surface area contributed by atoms with Gasteiger partial charge in [0.05, 0.1) is 5.69 Å². The minimum atomic E-state index is -2.72. The number of rotatable bonds is 7. The summed E-state index contributed by atoms with van der Waals surface area (Å²) >= 11 is 0. The van der Waals surface area contributed by atoms with Crippen LogP contribution in [0.15, 0.2) is 71.8 Å². The van der Waals surface area contributed by atoms with Gasteiger partial charge in [-0.15, -0.1) is 0 Å². The maximum atomic E-state index is 15.1. The zero-order chi connectivity index (χ0) is 28.7. The first-order chi connectivity index (χ1) is 19.7. The summed E-state index contributed by atoms with van der Waals surface area (Å²) < 4.78 is 61.5. The molecule has 0 unspecified atom stereocenters. The maximum absolute atomic E-state index is 15.1. The molecular weight excluding hydrogens is 546 g/mol. The van der Waals surface area contributed by atoms with Gasteiger partial charge in [-0.2, -0.15) is 14.9 Å². The highest BCUT2D eigenvalue weighted by molar-refractivity contribution is 6.04. The second kappa shape index (κ2) is 10.0.